The van der Waals surface area contributed by atoms with Gasteiger partial charge in [0.2, 0.25) is 0 Å². The van der Waals surface area contributed by atoms with Crippen molar-refractivity contribution < 1.29 is 9.72 Å². The summed E-state index contributed by atoms with van der Waals surface area (Å²) >= 11 is 0. The normalized spacial score (nSPS) is 15.5. The Labute approximate surface area is 177 Å². The number of carbonyl (C=O) groups is 1. The van der Waals surface area contributed by atoms with Crippen molar-refractivity contribution in [1.29, 1.82) is 0 Å². The second kappa shape index (κ2) is 10.1. The van der Waals surface area contributed by atoms with E-state index in [2.05, 4.69) is 51.6 Å². The minimum Gasteiger partial charge on any atom is -0.369 e. The van der Waals surface area contributed by atoms with Crippen molar-refractivity contribution in [1.82, 2.24) is 10.2 Å². The summed E-state index contributed by atoms with van der Waals surface area (Å²) in [5.74, 6) is 0. The summed E-state index contributed by atoms with van der Waals surface area (Å²) in [6.07, 6.45) is 0.859. The lowest BCUT2D eigenvalue weighted by molar-refractivity contribution is -0.384. The number of hydrogen-bond acceptors (Lipinski definition) is 5. The number of piperazine rings is 1. The number of non-ortho nitro benzene ring substituents is 1. The maximum Gasteiger partial charge on any atom is 0.319 e. The van der Waals surface area contributed by atoms with Crippen molar-refractivity contribution in [3.8, 4) is 0 Å². The van der Waals surface area contributed by atoms with Crippen LogP contribution in [0.25, 0.3) is 0 Å². The zero-order valence-corrected chi connectivity index (χ0v) is 17.5. The first-order chi connectivity index (χ1) is 14.4. The Bertz CT molecular complexity index is 863. The molecule has 2 N–H and O–H groups in total. The highest BCUT2D eigenvalue weighted by Crippen LogP contribution is 2.18. The number of rotatable bonds is 7. The summed E-state index contributed by atoms with van der Waals surface area (Å²) in [6, 6.07) is 14.1. The van der Waals surface area contributed by atoms with E-state index in [1.165, 1.54) is 35.5 Å². The number of benzene rings is 2. The number of nitro groups is 1. The van der Waals surface area contributed by atoms with Crippen LogP contribution in [0.2, 0.25) is 0 Å². The zero-order valence-electron chi connectivity index (χ0n) is 17.5. The fraction of sp³-hybridized carbons (Fsp3) is 0.409. The van der Waals surface area contributed by atoms with Gasteiger partial charge in [0.05, 0.1) is 4.92 Å². The summed E-state index contributed by atoms with van der Waals surface area (Å²) < 4.78 is 0. The summed E-state index contributed by atoms with van der Waals surface area (Å²) in [4.78, 5) is 27.2. The second-order valence-electron chi connectivity index (χ2n) is 7.76. The maximum atomic E-state index is 12.1. The third-order valence-corrected chi connectivity index (χ3v) is 5.33. The molecule has 160 valence electrons. The zero-order chi connectivity index (χ0) is 21.5. The van der Waals surface area contributed by atoms with Crippen LogP contribution in [0.15, 0.2) is 48.5 Å². The van der Waals surface area contributed by atoms with E-state index >= 15 is 0 Å². The van der Waals surface area contributed by atoms with Crippen LogP contribution in [0.1, 0.15) is 18.9 Å². The fourth-order valence-corrected chi connectivity index (χ4v) is 3.56. The van der Waals surface area contributed by atoms with Crippen molar-refractivity contribution in [2.24, 2.45) is 0 Å². The van der Waals surface area contributed by atoms with Crippen LogP contribution in [-0.4, -0.2) is 54.6 Å². The molecule has 1 fully saturated rings. The monoisotopic (exact) mass is 411 g/mol. The molecule has 0 saturated carbocycles. The molecule has 1 aliphatic rings. The Kier molecular flexibility index (Phi) is 7.24. The molecule has 1 atom stereocenters. The van der Waals surface area contributed by atoms with E-state index in [0.29, 0.717) is 5.69 Å². The highest BCUT2D eigenvalue weighted by Gasteiger charge is 2.18. The van der Waals surface area contributed by atoms with Gasteiger partial charge in [-0.2, -0.15) is 0 Å². The molecule has 0 spiro atoms. The van der Waals surface area contributed by atoms with Crippen molar-refractivity contribution in [2.75, 3.05) is 42.9 Å². The standard InChI is InChI=1S/C22H29N5O3/c1-17-4-3-5-21(16-17)26-14-12-25(13-15-26)11-10-18(2)23-22(28)24-19-6-8-20(9-7-19)27(29)30/h3-9,16,18H,10-15H2,1-2H3,(H2,23,24,28). The van der Waals surface area contributed by atoms with Crippen molar-refractivity contribution >= 4 is 23.1 Å². The molecule has 1 heterocycles. The number of anilines is 2. The van der Waals surface area contributed by atoms with Gasteiger partial charge in [-0.1, -0.05) is 12.1 Å². The summed E-state index contributed by atoms with van der Waals surface area (Å²) in [5.41, 5.74) is 3.09. The van der Waals surface area contributed by atoms with Gasteiger partial charge in [-0.15, -0.1) is 0 Å². The molecule has 2 aromatic rings. The fourth-order valence-electron chi connectivity index (χ4n) is 3.56. The summed E-state index contributed by atoms with van der Waals surface area (Å²) in [7, 11) is 0. The number of carbonyl (C=O) groups excluding carboxylic acids is 1. The minimum absolute atomic E-state index is 0.00294. The minimum atomic E-state index is -0.466. The molecular weight excluding hydrogens is 382 g/mol. The quantitative estimate of drug-likeness (QED) is 0.536. The van der Waals surface area contributed by atoms with E-state index in [4.69, 9.17) is 0 Å². The van der Waals surface area contributed by atoms with Crippen LogP contribution in [-0.2, 0) is 0 Å². The van der Waals surface area contributed by atoms with Gasteiger partial charge in [-0.05, 0) is 50.1 Å². The smallest absolute Gasteiger partial charge is 0.319 e. The molecule has 2 amide bonds. The van der Waals surface area contributed by atoms with Crippen LogP contribution in [0.3, 0.4) is 0 Å². The Morgan fingerprint density at radius 3 is 2.47 bits per heavy atom. The largest absolute Gasteiger partial charge is 0.369 e. The predicted octanol–water partition coefficient (Wildman–Crippen LogP) is 3.63. The number of nitrogens with one attached hydrogen (secondary N) is 2. The number of hydrogen-bond donors (Lipinski definition) is 2. The van der Waals surface area contributed by atoms with Crippen molar-refractivity contribution in [2.45, 2.75) is 26.3 Å². The maximum absolute atomic E-state index is 12.1. The molecule has 0 aliphatic carbocycles. The average Bonchev–Trinajstić information content (AvgIpc) is 2.73. The topological polar surface area (TPSA) is 90.8 Å². The van der Waals surface area contributed by atoms with Gasteiger partial charge in [0.1, 0.15) is 0 Å². The molecule has 8 heteroatoms. The highest BCUT2D eigenvalue weighted by atomic mass is 16.6. The molecule has 0 radical (unpaired) electrons. The van der Waals surface area contributed by atoms with Crippen LogP contribution >= 0.6 is 0 Å². The van der Waals surface area contributed by atoms with E-state index in [0.717, 1.165) is 39.1 Å². The SMILES string of the molecule is Cc1cccc(N2CCN(CCC(C)NC(=O)Nc3ccc([N+](=O)[O-])cc3)CC2)c1. The summed E-state index contributed by atoms with van der Waals surface area (Å²) in [5, 5.41) is 16.3. The van der Waals surface area contributed by atoms with E-state index in [1.807, 2.05) is 6.92 Å². The van der Waals surface area contributed by atoms with Crippen molar-refractivity contribution in [3.05, 3.63) is 64.2 Å². The lowest BCUT2D eigenvalue weighted by atomic mass is 10.1. The average molecular weight is 412 g/mol. The molecule has 1 saturated heterocycles. The number of nitrogens with zero attached hydrogens (tertiary/aromatic N) is 3. The lowest BCUT2D eigenvalue weighted by Gasteiger charge is -2.36. The first-order valence-corrected chi connectivity index (χ1v) is 10.3. The number of urea groups is 1. The molecule has 8 nitrogen and oxygen atoms in total. The first-order valence-electron chi connectivity index (χ1n) is 10.3. The van der Waals surface area contributed by atoms with E-state index in [1.54, 1.807) is 0 Å². The van der Waals surface area contributed by atoms with Crippen LogP contribution in [0, 0.1) is 17.0 Å². The molecular formula is C22H29N5O3. The Morgan fingerprint density at radius 2 is 1.83 bits per heavy atom. The molecule has 30 heavy (non-hydrogen) atoms. The van der Waals surface area contributed by atoms with Crippen LogP contribution in [0.4, 0.5) is 21.9 Å². The predicted molar refractivity (Wildman–Crippen MR) is 119 cm³/mol. The molecule has 1 aliphatic heterocycles. The molecule has 1 unspecified atom stereocenters. The van der Waals surface area contributed by atoms with Crippen molar-refractivity contribution in [3.63, 3.8) is 0 Å². The molecule has 3 rings (SSSR count). The third kappa shape index (κ3) is 6.18. The Morgan fingerprint density at radius 1 is 1.13 bits per heavy atom. The van der Waals surface area contributed by atoms with Crippen LogP contribution < -0.4 is 15.5 Å². The van der Waals surface area contributed by atoms with E-state index in [9.17, 15) is 14.9 Å². The van der Waals surface area contributed by atoms with Gasteiger partial charge in [-0.25, -0.2) is 4.79 Å². The van der Waals surface area contributed by atoms with Crippen LogP contribution in [0.5, 0.6) is 0 Å². The van der Waals surface area contributed by atoms with Gasteiger partial charge in [0.25, 0.3) is 5.69 Å². The Balaban J connectivity index is 1.37. The molecule has 0 bridgehead atoms. The summed E-state index contributed by atoms with van der Waals surface area (Å²) in [6.45, 7) is 9.06. The third-order valence-electron chi connectivity index (χ3n) is 5.33. The number of aryl methyl sites for hydroxylation is 1. The van der Waals surface area contributed by atoms with Gasteiger partial charge < -0.3 is 15.5 Å². The molecule has 0 aromatic heterocycles. The number of amides is 2. The van der Waals surface area contributed by atoms with Gasteiger partial charge in [0.15, 0.2) is 0 Å². The first kappa shape index (κ1) is 21.6. The molecule has 2 aromatic carbocycles. The second-order valence-corrected chi connectivity index (χ2v) is 7.76. The lowest BCUT2D eigenvalue weighted by Crippen LogP contribution is -2.47. The van der Waals surface area contributed by atoms with Gasteiger partial charge >= 0.3 is 6.03 Å². The number of nitro benzene ring substituents is 1. The van der Waals surface area contributed by atoms with Gasteiger partial charge in [0, 0.05) is 62.3 Å². The van der Waals surface area contributed by atoms with Gasteiger partial charge in [-0.3, -0.25) is 15.0 Å². The van der Waals surface area contributed by atoms with E-state index in [-0.39, 0.29) is 17.8 Å². The Hall–Kier alpha value is -3.13. The van der Waals surface area contributed by atoms with E-state index < -0.39 is 4.92 Å². The highest BCUT2D eigenvalue weighted by molar-refractivity contribution is 5.89.